The fourth-order valence-corrected chi connectivity index (χ4v) is 2.70. The van der Waals surface area contributed by atoms with Crippen LogP contribution in [0.15, 0.2) is 35.5 Å². The van der Waals surface area contributed by atoms with Crippen LogP contribution in [-0.4, -0.2) is 48.8 Å². The summed E-state index contributed by atoms with van der Waals surface area (Å²) >= 11 is 0. The highest BCUT2D eigenvalue weighted by molar-refractivity contribution is 4.87. The summed E-state index contributed by atoms with van der Waals surface area (Å²) in [6.07, 6.45) is 7.31. The van der Waals surface area contributed by atoms with Crippen LogP contribution in [0, 0.1) is 0 Å². The van der Waals surface area contributed by atoms with Crippen LogP contribution in [-0.2, 0) is 13.1 Å². The lowest BCUT2D eigenvalue weighted by molar-refractivity contribution is 0.210. The second-order valence-electron chi connectivity index (χ2n) is 5.00. The molecule has 0 aromatic carbocycles. The predicted octanol–water partition coefficient (Wildman–Crippen LogP) is -0.000600. The molecular formula is C13H18N6O. The van der Waals surface area contributed by atoms with Crippen molar-refractivity contribution in [3.63, 3.8) is 0 Å². The molecular weight excluding hydrogens is 256 g/mol. The van der Waals surface area contributed by atoms with Crippen molar-refractivity contribution in [2.45, 2.75) is 32.0 Å². The quantitative estimate of drug-likeness (QED) is 0.767. The summed E-state index contributed by atoms with van der Waals surface area (Å²) in [4.78, 5) is 15.8. The zero-order chi connectivity index (χ0) is 13.8. The van der Waals surface area contributed by atoms with Gasteiger partial charge in [-0.05, 0) is 25.5 Å². The van der Waals surface area contributed by atoms with Crippen LogP contribution in [0.4, 0.5) is 0 Å². The topological polar surface area (TPSA) is 68.8 Å². The van der Waals surface area contributed by atoms with Gasteiger partial charge in [-0.25, -0.2) is 4.68 Å². The van der Waals surface area contributed by atoms with Crippen molar-refractivity contribution in [1.29, 1.82) is 0 Å². The number of nitrogens with zero attached hydrogens (tertiary/aromatic N) is 6. The minimum atomic E-state index is -0.0342. The van der Waals surface area contributed by atoms with E-state index >= 15 is 0 Å². The van der Waals surface area contributed by atoms with E-state index in [0.29, 0.717) is 12.6 Å². The molecule has 0 saturated carbocycles. The lowest BCUT2D eigenvalue weighted by Crippen LogP contribution is -2.38. The smallest absolute Gasteiger partial charge is 0.266 e. The van der Waals surface area contributed by atoms with Crippen LogP contribution in [0.5, 0.6) is 0 Å². The summed E-state index contributed by atoms with van der Waals surface area (Å²) in [7, 11) is 0. The van der Waals surface area contributed by atoms with Crippen LogP contribution in [0.2, 0.25) is 0 Å². The van der Waals surface area contributed by atoms with Gasteiger partial charge in [-0.1, -0.05) is 0 Å². The van der Waals surface area contributed by atoms with E-state index < -0.39 is 0 Å². The van der Waals surface area contributed by atoms with Gasteiger partial charge in [0, 0.05) is 24.8 Å². The molecule has 2 aromatic heterocycles. The highest BCUT2D eigenvalue weighted by Gasteiger charge is 2.25. The Hall–Kier alpha value is -2.02. The maximum atomic E-state index is 11.7. The second-order valence-corrected chi connectivity index (χ2v) is 5.00. The van der Waals surface area contributed by atoms with Crippen LogP contribution >= 0.6 is 0 Å². The predicted molar refractivity (Wildman–Crippen MR) is 73.1 cm³/mol. The number of rotatable bonds is 5. The van der Waals surface area contributed by atoms with Crippen LogP contribution in [0.3, 0.4) is 0 Å². The molecule has 1 atom stereocenters. The Balaban J connectivity index is 1.61. The summed E-state index contributed by atoms with van der Waals surface area (Å²) in [5, 5.41) is 12.4. The molecule has 0 amide bonds. The Bertz CT molecular complexity index is 593. The summed E-state index contributed by atoms with van der Waals surface area (Å²) in [6, 6.07) is 3.60. The maximum absolute atomic E-state index is 11.7. The van der Waals surface area contributed by atoms with E-state index in [1.54, 1.807) is 40.2 Å². The number of hydrogen-bond donors (Lipinski definition) is 0. The molecule has 1 fully saturated rings. The van der Waals surface area contributed by atoms with Gasteiger partial charge in [0.25, 0.3) is 5.56 Å². The third-order valence-electron chi connectivity index (χ3n) is 3.72. The van der Waals surface area contributed by atoms with Crippen LogP contribution in [0.1, 0.15) is 12.8 Å². The van der Waals surface area contributed by atoms with E-state index in [1.807, 2.05) is 0 Å². The van der Waals surface area contributed by atoms with Gasteiger partial charge in [0.2, 0.25) is 0 Å². The zero-order valence-electron chi connectivity index (χ0n) is 11.3. The van der Waals surface area contributed by atoms with Gasteiger partial charge in [-0.2, -0.15) is 20.1 Å². The Labute approximate surface area is 116 Å². The van der Waals surface area contributed by atoms with Gasteiger partial charge < -0.3 is 0 Å². The molecule has 106 valence electrons. The van der Waals surface area contributed by atoms with Crippen LogP contribution < -0.4 is 5.56 Å². The standard InChI is InChI=1S/C13H18N6O/c20-13-4-1-5-14-18(13)11-12-3-2-8-17(12)9-10-19-15-6-7-16-19/h1,4-7,12H,2-3,8-11H2. The molecule has 3 rings (SSSR count). The highest BCUT2D eigenvalue weighted by Crippen LogP contribution is 2.17. The fraction of sp³-hybridized carbons (Fsp3) is 0.538. The molecule has 1 aliphatic heterocycles. The SMILES string of the molecule is O=c1cccnn1CC1CCCN1CCn1nccn1. The summed E-state index contributed by atoms with van der Waals surface area (Å²) in [6.45, 7) is 3.40. The molecule has 7 heteroatoms. The van der Waals surface area contributed by atoms with E-state index in [9.17, 15) is 4.79 Å². The van der Waals surface area contributed by atoms with Gasteiger partial charge in [0.05, 0.1) is 25.5 Å². The number of likely N-dealkylation sites (tertiary alicyclic amines) is 1. The van der Waals surface area contributed by atoms with E-state index in [-0.39, 0.29) is 5.56 Å². The summed E-state index contributed by atoms with van der Waals surface area (Å²) in [5.74, 6) is 0. The van der Waals surface area contributed by atoms with Gasteiger partial charge in [-0.3, -0.25) is 9.69 Å². The van der Waals surface area contributed by atoms with Crippen molar-refractivity contribution in [3.05, 3.63) is 41.1 Å². The van der Waals surface area contributed by atoms with E-state index in [1.165, 1.54) is 6.42 Å². The Morgan fingerprint density at radius 3 is 2.80 bits per heavy atom. The molecule has 0 spiro atoms. The minimum Gasteiger partial charge on any atom is -0.297 e. The first kappa shape index (κ1) is 13.0. The normalized spacial score (nSPS) is 19.5. The van der Waals surface area contributed by atoms with E-state index in [2.05, 4.69) is 20.2 Å². The first-order valence-electron chi connectivity index (χ1n) is 6.93. The van der Waals surface area contributed by atoms with Gasteiger partial charge in [0.1, 0.15) is 0 Å². The molecule has 20 heavy (non-hydrogen) atoms. The third-order valence-corrected chi connectivity index (χ3v) is 3.72. The molecule has 2 aromatic rings. The van der Waals surface area contributed by atoms with Crippen molar-refractivity contribution >= 4 is 0 Å². The van der Waals surface area contributed by atoms with Crippen molar-refractivity contribution in [3.8, 4) is 0 Å². The molecule has 0 bridgehead atoms. The first-order valence-corrected chi connectivity index (χ1v) is 6.93. The average molecular weight is 274 g/mol. The number of hydrogen-bond acceptors (Lipinski definition) is 5. The van der Waals surface area contributed by atoms with Crippen molar-refractivity contribution in [2.75, 3.05) is 13.1 Å². The maximum Gasteiger partial charge on any atom is 0.266 e. The highest BCUT2D eigenvalue weighted by atomic mass is 16.1. The van der Waals surface area contributed by atoms with Gasteiger partial charge in [0.15, 0.2) is 0 Å². The molecule has 0 N–H and O–H groups in total. The van der Waals surface area contributed by atoms with Crippen LogP contribution in [0.25, 0.3) is 0 Å². The van der Waals surface area contributed by atoms with Crippen molar-refractivity contribution < 1.29 is 0 Å². The molecule has 0 radical (unpaired) electrons. The molecule has 1 aliphatic rings. The molecule has 1 unspecified atom stereocenters. The van der Waals surface area contributed by atoms with E-state index in [4.69, 9.17) is 0 Å². The molecule has 7 nitrogen and oxygen atoms in total. The molecule has 1 saturated heterocycles. The Morgan fingerprint density at radius 2 is 2.00 bits per heavy atom. The molecule has 3 heterocycles. The monoisotopic (exact) mass is 274 g/mol. The summed E-state index contributed by atoms with van der Waals surface area (Å²) < 4.78 is 1.55. The molecule has 0 aliphatic carbocycles. The minimum absolute atomic E-state index is 0.0342. The van der Waals surface area contributed by atoms with Gasteiger partial charge in [-0.15, -0.1) is 0 Å². The Morgan fingerprint density at radius 1 is 1.15 bits per heavy atom. The van der Waals surface area contributed by atoms with Crippen molar-refractivity contribution in [1.82, 2.24) is 29.7 Å². The Kier molecular flexibility index (Phi) is 3.87. The number of aromatic nitrogens is 5. The van der Waals surface area contributed by atoms with Gasteiger partial charge >= 0.3 is 0 Å². The van der Waals surface area contributed by atoms with E-state index in [0.717, 1.165) is 26.1 Å². The second kappa shape index (κ2) is 5.96. The third kappa shape index (κ3) is 2.93. The largest absolute Gasteiger partial charge is 0.297 e. The lowest BCUT2D eigenvalue weighted by atomic mass is 10.2. The zero-order valence-corrected chi connectivity index (χ0v) is 11.3. The summed E-state index contributed by atoms with van der Waals surface area (Å²) in [5.41, 5.74) is -0.0342. The fourth-order valence-electron chi connectivity index (χ4n) is 2.70. The average Bonchev–Trinajstić information content (AvgIpc) is 3.10. The first-order chi connectivity index (χ1) is 9.83. The van der Waals surface area contributed by atoms with Crippen molar-refractivity contribution in [2.24, 2.45) is 0 Å². The lowest BCUT2D eigenvalue weighted by Gasteiger charge is -2.24.